The molecule has 2 heterocycles. The van der Waals surface area contributed by atoms with Crippen LogP contribution in [0.3, 0.4) is 0 Å². The van der Waals surface area contributed by atoms with Crippen molar-refractivity contribution in [2.75, 3.05) is 13.2 Å². The van der Waals surface area contributed by atoms with Crippen LogP contribution in [0.1, 0.15) is 108 Å². The minimum atomic E-state index is -0.840. The second-order valence-electron chi connectivity index (χ2n) is 11.2. The van der Waals surface area contributed by atoms with Crippen molar-refractivity contribution in [1.82, 2.24) is 9.13 Å². The summed E-state index contributed by atoms with van der Waals surface area (Å²) in [6, 6.07) is -0.605. The van der Waals surface area contributed by atoms with Gasteiger partial charge in [0, 0.05) is 24.7 Å². The average Bonchev–Trinajstić information content (AvgIpc) is 3.33. The Balaban J connectivity index is 1.51. The molecule has 0 bridgehead atoms. The van der Waals surface area contributed by atoms with E-state index in [0.29, 0.717) is 12.1 Å². The smallest absolute Gasteiger partial charge is 0.333 e. The molecule has 0 radical (unpaired) electrons. The first kappa shape index (κ1) is 34.4. The number of allylic oxidation sites excluding steroid dienone is 1. The maximum atomic E-state index is 13.0. The number of nitrogens with zero attached hydrogens (tertiary/aromatic N) is 2. The second-order valence-corrected chi connectivity index (χ2v) is 11.2. The molecule has 0 amide bonds. The number of aromatic nitrogens is 2. The van der Waals surface area contributed by atoms with Gasteiger partial charge in [-0.25, -0.2) is 4.79 Å². The number of aryl methyl sites for hydroxylation is 1. The van der Waals surface area contributed by atoms with E-state index in [2.05, 4.69) is 0 Å². The molecule has 0 aromatic carbocycles. The normalized spacial score (nSPS) is 20.9. The van der Waals surface area contributed by atoms with E-state index < -0.39 is 36.3 Å². The maximum Gasteiger partial charge on any atom is 0.333 e. The quantitative estimate of drug-likeness (QED) is 0.112. The molecular formula is C30H53N3O7. The fourth-order valence-corrected chi connectivity index (χ4v) is 5.17. The molecule has 1 saturated heterocycles. The van der Waals surface area contributed by atoms with Crippen LogP contribution in [0.25, 0.3) is 0 Å². The molecule has 0 spiro atoms. The maximum absolute atomic E-state index is 13.0. The SMILES string of the molecule is Cc1cn([C@H]2C[C@H](O)[C@@H](CO)O2)c(=O)n(CCCCCCCCCCCCCCC/C=C/C(O)C(N)CO)c1=O. The lowest BCUT2D eigenvalue weighted by atomic mass is 10.0. The van der Waals surface area contributed by atoms with Crippen LogP contribution in [0.5, 0.6) is 0 Å². The van der Waals surface area contributed by atoms with Gasteiger partial charge in [0.1, 0.15) is 12.3 Å². The number of ether oxygens (including phenoxy) is 1. The average molecular weight is 568 g/mol. The van der Waals surface area contributed by atoms with Gasteiger partial charge >= 0.3 is 5.69 Å². The number of hydrogen-bond donors (Lipinski definition) is 5. The van der Waals surface area contributed by atoms with Crippen molar-refractivity contribution in [3.63, 3.8) is 0 Å². The van der Waals surface area contributed by atoms with Gasteiger partial charge < -0.3 is 30.9 Å². The van der Waals surface area contributed by atoms with Crippen LogP contribution < -0.4 is 17.0 Å². The van der Waals surface area contributed by atoms with Crippen LogP contribution >= 0.6 is 0 Å². The standard InChI is InChI=1S/C30H53N3O7/c1-23-20-33(28-19-26(37)27(22-35)40-28)30(39)32(29(23)38)18-16-14-12-10-8-6-4-2-3-5-7-9-11-13-15-17-25(36)24(31)21-34/h15,17,20,24-28,34-37H,2-14,16,18-19,21-22,31H2,1H3/b17-15+/t24?,25?,26-,27+,28+/m0/s1. The van der Waals surface area contributed by atoms with Crippen molar-refractivity contribution in [3.05, 3.63) is 44.8 Å². The van der Waals surface area contributed by atoms with Gasteiger partial charge in [0.25, 0.3) is 5.56 Å². The van der Waals surface area contributed by atoms with Crippen LogP contribution in [-0.2, 0) is 11.3 Å². The topological polar surface area (TPSA) is 160 Å². The molecular weight excluding hydrogens is 514 g/mol. The number of rotatable bonds is 21. The summed E-state index contributed by atoms with van der Waals surface area (Å²) in [4.78, 5) is 25.5. The van der Waals surface area contributed by atoms with Crippen LogP contribution in [0.2, 0.25) is 0 Å². The molecule has 230 valence electrons. The van der Waals surface area contributed by atoms with Gasteiger partial charge in [-0.3, -0.25) is 13.9 Å². The van der Waals surface area contributed by atoms with E-state index in [1.54, 1.807) is 13.0 Å². The van der Waals surface area contributed by atoms with Crippen LogP contribution in [0, 0.1) is 6.92 Å². The predicted octanol–water partition coefficient (Wildman–Crippen LogP) is 2.66. The largest absolute Gasteiger partial charge is 0.395 e. The van der Waals surface area contributed by atoms with Gasteiger partial charge in [0.15, 0.2) is 0 Å². The number of nitrogens with two attached hydrogens (primary N) is 1. The Morgan fingerprint density at radius 2 is 1.52 bits per heavy atom. The van der Waals surface area contributed by atoms with Crippen molar-refractivity contribution >= 4 is 0 Å². The van der Waals surface area contributed by atoms with Gasteiger partial charge in [0.2, 0.25) is 0 Å². The molecule has 1 aromatic rings. The molecule has 6 N–H and O–H groups in total. The Kier molecular flexibility index (Phi) is 16.6. The molecule has 1 fully saturated rings. The molecule has 1 aliphatic heterocycles. The van der Waals surface area contributed by atoms with E-state index in [1.165, 1.54) is 66.7 Å². The fraction of sp³-hybridized carbons (Fsp3) is 0.800. The molecule has 10 nitrogen and oxygen atoms in total. The summed E-state index contributed by atoms with van der Waals surface area (Å²) >= 11 is 0. The number of unbranched alkanes of at least 4 members (excludes halogenated alkanes) is 13. The Hall–Kier alpha value is -1.82. The minimum absolute atomic E-state index is 0.205. The van der Waals surface area contributed by atoms with E-state index in [1.807, 2.05) is 6.08 Å². The van der Waals surface area contributed by atoms with Gasteiger partial charge in [-0.15, -0.1) is 0 Å². The molecule has 0 aliphatic carbocycles. The van der Waals surface area contributed by atoms with Crippen molar-refractivity contribution in [2.24, 2.45) is 5.73 Å². The van der Waals surface area contributed by atoms with E-state index in [4.69, 9.17) is 15.6 Å². The summed E-state index contributed by atoms with van der Waals surface area (Å²) in [5.74, 6) is 0. The highest BCUT2D eigenvalue weighted by molar-refractivity contribution is 5.04. The lowest BCUT2D eigenvalue weighted by Gasteiger charge is -2.17. The Labute approximate surface area is 238 Å². The molecule has 2 rings (SSSR count). The third-order valence-corrected chi connectivity index (χ3v) is 7.80. The van der Waals surface area contributed by atoms with E-state index >= 15 is 0 Å². The predicted molar refractivity (Wildman–Crippen MR) is 156 cm³/mol. The first-order chi connectivity index (χ1) is 19.3. The lowest BCUT2D eigenvalue weighted by Crippen LogP contribution is -2.42. The number of aliphatic hydroxyl groups excluding tert-OH is 4. The first-order valence-electron chi connectivity index (χ1n) is 15.3. The van der Waals surface area contributed by atoms with Crippen molar-refractivity contribution in [3.8, 4) is 0 Å². The summed E-state index contributed by atoms with van der Waals surface area (Å²) in [6.07, 6.45) is 18.3. The lowest BCUT2D eigenvalue weighted by molar-refractivity contribution is -0.0464. The van der Waals surface area contributed by atoms with Gasteiger partial charge in [-0.2, -0.15) is 0 Å². The summed E-state index contributed by atoms with van der Waals surface area (Å²) in [5.41, 5.74) is 5.31. The Morgan fingerprint density at radius 3 is 2.05 bits per heavy atom. The highest BCUT2D eigenvalue weighted by Gasteiger charge is 2.35. The fourth-order valence-electron chi connectivity index (χ4n) is 5.17. The Morgan fingerprint density at radius 1 is 0.975 bits per heavy atom. The van der Waals surface area contributed by atoms with E-state index in [0.717, 1.165) is 38.5 Å². The molecule has 0 saturated carbocycles. The highest BCUT2D eigenvalue weighted by atomic mass is 16.5. The molecule has 1 aromatic heterocycles. The van der Waals surface area contributed by atoms with Gasteiger partial charge in [0.05, 0.1) is 31.5 Å². The summed E-state index contributed by atoms with van der Waals surface area (Å²) < 4.78 is 8.26. The molecule has 10 heteroatoms. The third kappa shape index (κ3) is 11.6. The molecule has 40 heavy (non-hydrogen) atoms. The number of hydrogen-bond acceptors (Lipinski definition) is 8. The van der Waals surface area contributed by atoms with Crippen molar-refractivity contribution in [1.29, 1.82) is 0 Å². The zero-order valence-corrected chi connectivity index (χ0v) is 24.3. The third-order valence-electron chi connectivity index (χ3n) is 7.80. The first-order valence-corrected chi connectivity index (χ1v) is 15.3. The van der Waals surface area contributed by atoms with Crippen LogP contribution in [-0.4, -0.2) is 67.1 Å². The molecule has 5 atom stereocenters. The molecule has 2 unspecified atom stereocenters. The zero-order chi connectivity index (χ0) is 29.3. The van der Waals surface area contributed by atoms with Crippen LogP contribution in [0.15, 0.2) is 27.9 Å². The number of aliphatic hydroxyl groups is 4. The summed E-state index contributed by atoms with van der Waals surface area (Å²) in [6.45, 7) is 1.51. The zero-order valence-electron chi connectivity index (χ0n) is 24.3. The van der Waals surface area contributed by atoms with Crippen LogP contribution in [0.4, 0.5) is 0 Å². The van der Waals surface area contributed by atoms with E-state index in [9.17, 15) is 24.9 Å². The summed E-state index contributed by atoms with van der Waals surface area (Å²) in [7, 11) is 0. The van der Waals surface area contributed by atoms with Crippen molar-refractivity contribution in [2.45, 2.75) is 140 Å². The Bertz CT molecular complexity index is 977. The summed E-state index contributed by atoms with van der Waals surface area (Å²) in [5, 5.41) is 37.9. The van der Waals surface area contributed by atoms with Gasteiger partial charge in [-0.1, -0.05) is 82.8 Å². The molecule has 1 aliphatic rings. The van der Waals surface area contributed by atoms with Gasteiger partial charge in [-0.05, 0) is 26.2 Å². The minimum Gasteiger partial charge on any atom is -0.395 e. The monoisotopic (exact) mass is 567 g/mol. The van der Waals surface area contributed by atoms with Crippen molar-refractivity contribution < 1.29 is 25.2 Å². The second kappa shape index (κ2) is 19.3. The van der Waals surface area contributed by atoms with E-state index in [-0.39, 0.29) is 25.2 Å². The highest BCUT2D eigenvalue weighted by Crippen LogP contribution is 2.27.